The third kappa shape index (κ3) is 6.24. The summed E-state index contributed by atoms with van der Waals surface area (Å²) in [6, 6.07) is 16.9. The summed E-state index contributed by atoms with van der Waals surface area (Å²) in [6.45, 7) is 5.87. The highest BCUT2D eigenvalue weighted by Gasteiger charge is 2.23. The molecule has 0 fully saturated rings. The van der Waals surface area contributed by atoms with E-state index in [1.165, 1.54) is 11.8 Å². The Morgan fingerprint density at radius 1 is 1.10 bits per heavy atom. The summed E-state index contributed by atoms with van der Waals surface area (Å²) >= 11 is 1.49. The van der Waals surface area contributed by atoms with E-state index < -0.39 is 11.6 Å². The summed E-state index contributed by atoms with van der Waals surface area (Å²) in [5.41, 5.74) is 1.76. The Labute approximate surface area is 186 Å². The van der Waals surface area contributed by atoms with Crippen molar-refractivity contribution >= 4 is 40.5 Å². The minimum absolute atomic E-state index is 0.142. The molecule has 8 heteroatoms. The van der Waals surface area contributed by atoms with Gasteiger partial charge in [0.2, 0.25) is 0 Å². The van der Waals surface area contributed by atoms with E-state index >= 15 is 0 Å². The number of carboxylic acids is 1. The predicted molar refractivity (Wildman–Crippen MR) is 123 cm³/mol. The Bertz CT molecular complexity index is 1040. The number of thioether (sulfide) groups is 1. The molecule has 0 unspecified atom stereocenters. The van der Waals surface area contributed by atoms with E-state index in [2.05, 4.69) is 4.98 Å². The summed E-state index contributed by atoms with van der Waals surface area (Å²) in [5.74, 6) is -0.236. The summed E-state index contributed by atoms with van der Waals surface area (Å²) < 4.78 is 7.28. The zero-order valence-electron chi connectivity index (χ0n) is 17.9. The third-order valence-electron chi connectivity index (χ3n) is 4.35. The van der Waals surface area contributed by atoms with Crippen LogP contribution in [0.3, 0.4) is 0 Å². The number of aliphatic carboxylic acids is 1. The molecule has 0 spiro atoms. The van der Waals surface area contributed by atoms with E-state index in [1.54, 1.807) is 9.47 Å². The molecule has 0 saturated heterocycles. The Morgan fingerprint density at radius 3 is 2.45 bits per heavy atom. The van der Waals surface area contributed by atoms with Crippen LogP contribution in [0.25, 0.3) is 11.0 Å². The second kappa shape index (κ2) is 9.87. The lowest BCUT2D eigenvalue weighted by atomic mass is 10.2. The highest BCUT2D eigenvalue weighted by atomic mass is 32.2. The molecule has 7 nitrogen and oxygen atoms in total. The molecule has 0 radical (unpaired) electrons. The van der Waals surface area contributed by atoms with Gasteiger partial charge in [0.05, 0.1) is 11.0 Å². The minimum Gasteiger partial charge on any atom is -0.480 e. The van der Waals surface area contributed by atoms with Gasteiger partial charge in [0.25, 0.3) is 0 Å². The van der Waals surface area contributed by atoms with Crippen molar-refractivity contribution in [3.8, 4) is 0 Å². The van der Waals surface area contributed by atoms with Crippen molar-refractivity contribution in [2.45, 2.75) is 44.5 Å². The maximum Gasteiger partial charge on any atom is 0.414 e. The molecule has 0 bridgehead atoms. The number of benzene rings is 2. The highest BCUT2D eigenvalue weighted by Crippen LogP contribution is 2.25. The van der Waals surface area contributed by atoms with Crippen LogP contribution in [0.15, 0.2) is 59.8 Å². The molecule has 0 aliphatic carbocycles. The zero-order valence-corrected chi connectivity index (χ0v) is 18.8. The number of para-hydroxylation sites is 3. The molecule has 1 amide bonds. The second-order valence-electron chi connectivity index (χ2n) is 8.03. The van der Waals surface area contributed by atoms with E-state index in [0.717, 1.165) is 16.7 Å². The van der Waals surface area contributed by atoms with Gasteiger partial charge in [0.1, 0.15) is 12.1 Å². The number of hydrogen-bond acceptors (Lipinski definition) is 5. The number of fused-ring (bicyclic) bond motifs is 1. The molecule has 2 aromatic carbocycles. The summed E-state index contributed by atoms with van der Waals surface area (Å²) in [5, 5.41) is 9.94. The van der Waals surface area contributed by atoms with Crippen molar-refractivity contribution < 1.29 is 19.4 Å². The first-order valence-corrected chi connectivity index (χ1v) is 11.1. The topological polar surface area (TPSA) is 84.7 Å². The van der Waals surface area contributed by atoms with Gasteiger partial charge in [-0.05, 0) is 51.5 Å². The number of amides is 1. The van der Waals surface area contributed by atoms with E-state index in [0.29, 0.717) is 23.9 Å². The lowest BCUT2D eigenvalue weighted by molar-refractivity contribution is -0.137. The first kappa shape index (κ1) is 22.7. The summed E-state index contributed by atoms with van der Waals surface area (Å²) in [4.78, 5) is 30.3. The van der Waals surface area contributed by atoms with Crippen molar-refractivity contribution in [3.63, 3.8) is 0 Å². The number of anilines is 1. The number of rotatable bonds is 8. The lowest BCUT2D eigenvalue weighted by Gasteiger charge is -2.27. The van der Waals surface area contributed by atoms with Crippen LogP contribution < -0.4 is 4.90 Å². The number of carbonyl (C=O) groups is 2. The van der Waals surface area contributed by atoms with E-state index in [1.807, 2.05) is 75.4 Å². The van der Waals surface area contributed by atoms with Crippen LogP contribution in [0.5, 0.6) is 0 Å². The van der Waals surface area contributed by atoms with Gasteiger partial charge < -0.3 is 14.4 Å². The first-order valence-electron chi connectivity index (χ1n) is 10.1. The lowest BCUT2D eigenvalue weighted by Crippen LogP contribution is -2.37. The zero-order chi connectivity index (χ0) is 22.4. The maximum absolute atomic E-state index is 12.7. The molecule has 1 heterocycles. The number of hydrogen-bond donors (Lipinski definition) is 1. The summed E-state index contributed by atoms with van der Waals surface area (Å²) in [6.07, 6.45) is 0.302. The SMILES string of the molecule is CC(C)(C)OC(=O)N(CCCSc1nc2ccccc2n1CC(=O)O)c1ccccc1. The van der Waals surface area contributed by atoms with Gasteiger partial charge in [-0.3, -0.25) is 9.69 Å². The van der Waals surface area contributed by atoms with Crippen molar-refractivity contribution in [1.82, 2.24) is 9.55 Å². The van der Waals surface area contributed by atoms with Gasteiger partial charge in [-0.2, -0.15) is 0 Å². The Hall–Kier alpha value is -3.00. The van der Waals surface area contributed by atoms with Crippen LogP contribution in [0.2, 0.25) is 0 Å². The van der Waals surface area contributed by atoms with Gasteiger partial charge in [-0.15, -0.1) is 0 Å². The number of aromatic nitrogens is 2. The average molecular weight is 442 g/mol. The van der Waals surface area contributed by atoms with Crippen LogP contribution in [0, 0.1) is 0 Å². The molecule has 0 saturated carbocycles. The average Bonchev–Trinajstić information content (AvgIpc) is 3.04. The molecule has 3 rings (SSSR count). The first-order chi connectivity index (χ1) is 14.7. The number of ether oxygens (including phenoxy) is 1. The minimum atomic E-state index is -0.912. The van der Waals surface area contributed by atoms with Crippen LogP contribution in [0.4, 0.5) is 10.5 Å². The van der Waals surface area contributed by atoms with Gasteiger partial charge in [-0.1, -0.05) is 42.1 Å². The fraction of sp³-hybridized carbons (Fsp3) is 0.348. The van der Waals surface area contributed by atoms with Gasteiger partial charge in [0.15, 0.2) is 5.16 Å². The van der Waals surface area contributed by atoms with Crippen LogP contribution in [0.1, 0.15) is 27.2 Å². The maximum atomic E-state index is 12.7. The van der Waals surface area contributed by atoms with Crippen LogP contribution in [-0.4, -0.2) is 44.6 Å². The predicted octanol–water partition coefficient (Wildman–Crippen LogP) is 5.04. The van der Waals surface area contributed by atoms with Crippen LogP contribution in [-0.2, 0) is 16.1 Å². The Morgan fingerprint density at radius 2 is 1.77 bits per heavy atom. The largest absolute Gasteiger partial charge is 0.480 e. The molecule has 3 aromatic rings. The highest BCUT2D eigenvalue weighted by molar-refractivity contribution is 7.99. The standard InChI is InChI=1S/C23H27N3O4S/c1-23(2,3)30-22(29)25(17-10-5-4-6-11-17)14-9-15-31-21-24-18-12-7-8-13-19(18)26(21)16-20(27)28/h4-8,10-13H,9,14-16H2,1-3H3,(H,27,28). The summed E-state index contributed by atoms with van der Waals surface area (Å²) in [7, 11) is 0. The molecule has 31 heavy (non-hydrogen) atoms. The fourth-order valence-corrected chi connectivity index (χ4v) is 4.03. The van der Waals surface area contributed by atoms with Crippen molar-refractivity contribution in [2.24, 2.45) is 0 Å². The van der Waals surface area contributed by atoms with E-state index in [-0.39, 0.29) is 12.6 Å². The third-order valence-corrected chi connectivity index (χ3v) is 5.41. The number of carbonyl (C=O) groups excluding carboxylic acids is 1. The van der Waals surface area contributed by atoms with E-state index in [4.69, 9.17) is 4.74 Å². The molecule has 0 atom stereocenters. The number of imidazole rings is 1. The Balaban J connectivity index is 1.69. The van der Waals surface area contributed by atoms with Crippen LogP contribution >= 0.6 is 11.8 Å². The van der Waals surface area contributed by atoms with E-state index in [9.17, 15) is 14.7 Å². The fourth-order valence-electron chi connectivity index (χ4n) is 3.09. The molecular weight excluding hydrogens is 414 g/mol. The van der Waals surface area contributed by atoms with Crippen molar-refractivity contribution in [1.29, 1.82) is 0 Å². The molecule has 1 N–H and O–H groups in total. The second-order valence-corrected chi connectivity index (χ2v) is 9.09. The molecule has 0 aliphatic rings. The van der Waals surface area contributed by atoms with Crippen molar-refractivity contribution in [3.05, 3.63) is 54.6 Å². The van der Waals surface area contributed by atoms with Gasteiger partial charge in [0, 0.05) is 18.0 Å². The van der Waals surface area contributed by atoms with Crippen molar-refractivity contribution in [2.75, 3.05) is 17.2 Å². The smallest absolute Gasteiger partial charge is 0.414 e. The molecule has 1 aromatic heterocycles. The Kier molecular flexibility index (Phi) is 7.22. The molecule has 164 valence electrons. The number of nitrogens with zero attached hydrogens (tertiary/aromatic N) is 3. The normalized spacial score (nSPS) is 11.5. The monoisotopic (exact) mass is 441 g/mol. The molecule has 0 aliphatic heterocycles. The van der Waals surface area contributed by atoms with Gasteiger partial charge >= 0.3 is 12.1 Å². The quantitative estimate of drug-likeness (QED) is 0.389. The number of carboxylic acid groups (broad SMARTS) is 1. The van der Waals surface area contributed by atoms with Gasteiger partial charge in [-0.25, -0.2) is 9.78 Å². The molecular formula is C23H27N3O4S.